The van der Waals surface area contributed by atoms with Crippen LogP contribution in [0.5, 0.6) is 0 Å². The third-order valence-corrected chi connectivity index (χ3v) is 4.54. The Balaban J connectivity index is 1.60. The third kappa shape index (κ3) is 3.58. The van der Waals surface area contributed by atoms with E-state index in [1.807, 2.05) is 0 Å². The van der Waals surface area contributed by atoms with E-state index in [1.54, 1.807) is 23.1 Å². The zero-order valence-corrected chi connectivity index (χ0v) is 12.8. The number of ether oxygens (including phenoxy) is 1. The minimum Gasteiger partial charge on any atom is -0.370 e. The van der Waals surface area contributed by atoms with Crippen molar-refractivity contribution in [3.63, 3.8) is 0 Å². The Bertz CT molecular complexity index is 517. The first-order valence-electron chi connectivity index (χ1n) is 8.15. The fourth-order valence-corrected chi connectivity index (χ4v) is 3.27. The standard InChI is InChI=1S/C17H23FN2O2/c18-15-9-5-4-8-14(15)16-12-20(10-11-22-16)17(21)19-13-6-2-1-3-7-13/h4-5,8-9,13,16H,1-3,6-7,10-12H2,(H,19,21). The lowest BCUT2D eigenvalue weighted by molar-refractivity contribution is -0.0176. The lowest BCUT2D eigenvalue weighted by Crippen LogP contribution is -2.50. The molecule has 2 amide bonds. The molecule has 120 valence electrons. The number of rotatable bonds is 2. The zero-order valence-electron chi connectivity index (χ0n) is 12.8. The number of nitrogens with zero attached hydrogens (tertiary/aromatic N) is 1. The van der Waals surface area contributed by atoms with E-state index in [4.69, 9.17) is 4.74 Å². The van der Waals surface area contributed by atoms with E-state index < -0.39 is 0 Å². The predicted molar refractivity (Wildman–Crippen MR) is 82.1 cm³/mol. The van der Waals surface area contributed by atoms with Crippen molar-refractivity contribution in [3.8, 4) is 0 Å². The summed E-state index contributed by atoms with van der Waals surface area (Å²) in [4.78, 5) is 14.1. The number of carbonyl (C=O) groups excluding carboxylic acids is 1. The van der Waals surface area contributed by atoms with Gasteiger partial charge in [0.2, 0.25) is 0 Å². The van der Waals surface area contributed by atoms with Gasteiger partial charge in [0, 0.05) is 18.2 Å². The van der Waals surface area contributed by atoms with E-state index in [9.17, 15) is 9.18 Å². The quantitative estimate of drug-likeness (QED) is 0.911. The first-order valence-corrected chi connectivity index (χ1v) is 8.15. The number of carbonyl (C=O) groups is 1. The molecule has 0 radical (unpaired) electrons. The smallest absolute Gasteiger partial charge is 0.317 e. The third-order valence-electron chi connectivity index (χ3n) is 4.54. The normalized spacial score (nSPS) is 23.3. The van der Waals surface area contributed by atoms with Crippen LogP contribution in [0.25, 0.3) is 0 Å². The van der Waals surface area contributed by atoms with Crippen LogP contribution in [0, 0.1) is 5.82 Å². The average molecular weight is 306 g/mol. The summed E-state index contributed by atoms with van der Waals surface area (Å²) in [5.41, 5.74) is 0.526. The van der Waals surface area contributed by atoms with Gasteiger partial charge >= 0.3 is 6.03 Å². The van der Waals surface area contributed by atoms with Gasteiger partial charge in [0.15, 0.2) is 0 Å². The number of morpholine rings is 1. The molecule has 1 heterocycles. The highest BCUT2D eigenvalue weighted by Crippen LogP contribution is 2.25. The summed E-state index contributed by atoms with van der Waals surface area (Å²) >= 11 is 0. The van der Waals surface area contributed by atoms with Gasteiger partial charge in [-0.05, 0) is 18.9 Å². The van der Waals surface area contributed by atoms with Crippen molar-refractivity contribution in [3.05, 3.63) is 35.6 Å². The molecule has 1 aliphatic carbocycles. The van der Waals surface area contributed by atoms with Crippen LogP contribution in [-0.4, -0.2) is 36.7 Å². The van der Waals surface area contributed by atoms with Gasteiger partial charge in [0.25, 0.3) is 0 Å². The second-order valence-corrected chi connectivity index (χ2v) is 6.11. The maximum absolute atomic E-state index is 13.9. The maximum atomic E-state index is 13.9. The fourth-order valence-electron chi connectivity index (χ4n) is 3.27. The van der Waals surface area contributed by atoms with Crippen LogP contribution in [0.3, 0.4) is 0 Å². The molecule has 1 saturated carbocycles. The molecule has 22 heavy (non-hydrogen) atoms. The average Bonchev–Trinajstić information content (AvgIpc) is 2.56. The van der Waals surface area contributed by atoms with E-state index in [-0.39, 0.29) is 24.0 Å². The summed E-state index contributed by atoms with van der Waals surface area (Å²) in [5, 5.41) is 3.11. The molecule has 5 heteroatoms. The number of urea groups is 1. The second kappa shape index (κ2) is 7.09. The molecule has 3 rings (SSSR count). The van der Waals surface area contributed by atoms with E-state index in [0.29, 0.717) is 25.3 Å². The molecule has 4 nitrogen and oxygen atoms in total. The highest BCUT2D eigenvalue weighted by molar-refractivity contribution is 5.74. The molecule has 0 spiro atoms. The van der Waals surface area contributed by atoms with Crippen LogP contribution in [0.4, 0.5) is 9.18 Å². The van der Waals surface area contributed by atoms with Crippen LogP contribution in [0.1, 0.15) is 43.8 Å². The molecular formula is C17H23FN2O2. The van der Waals surface area contributed by atoms with Crippen LogP contribution >= 0.6 is 0 Å². The molecule has 1 aliphatic heterocycles. The number of amides is 2. The molecule has 2 aliphatic rings. The number of hydrogen-bond donors (Lipinski definition) is 1. The summed E-state index contributed by atoms with van der Waals surface area (Å²) in [6, 6.07) is 6.85. The Kier molecular flexibility index (Phi) is 4.93. The lowest BCUT2D eigenvalue weighted by Gasteiger charge is -2.35. The Hall–Kier alpha value is -1.62. The Morgan fingerprint density at radius 1 is 1.23 bits per heavy atom. The topological polar surface area (TPSA) is 41.6 Å². The van der Waals surface area contributed by atoms with Crippen molar-refractivity contribution in [2.24, 2.45) is 0 Å². The molecule has 1 aromatic rings. The molecule has 2 fully saturated rings. The Labute approximate surface area is 130 Å². The van der Waals surface area contributed by atoms with Crippen molar-refractivity contribution < 1.29 is 13.9 Å². The largest absolute Gasteiger partial charge is 0.370 e. The minimum absolute atomic E-state index is 0.0449. The highest BCUT2D eigenvalue weighted by atomic mass is 19.1. The summed E-state index contributed by atoms with van der Waals surface area (Å²) in [6.07, 6.45) is 5.38. The van der Waals surface area contributed by atoms with E-state index in [1.165, 1.54) is 25.3 Å². The van der Waals surface area contributed by atoms with Crippen LogP contribution in [-0.2, 0) is 4.74 Å². The summed E-state index contributed by atoms with van der Waals surface area (Å²) in [6.45, 7) is 1.40. The van der Waals surface area contributed by atoms with Crippen molar-refractivity contribution in [2.45, 2.75) is 44.2 Å². The number of nitrogens with one attached hydrogen (secondary N) is 1. The Morgan fingerprint density at radius 3 is 2.77 bits per heavy atom. The van der Waals surface area contributed by atoms with Crippen molar-refractivity contribution in [1.82, 2.24) is 10.2 Å². The van der Waals surface area contributed by atoms with E-state index in [2.05, 4.69) is 5.32 Å². The van der Waals surface area contributed by atoms with Gasteiger partial charge in [-0.25, -0.2) is 9.18 Å². The number of halogens is 1. The van der Waals surface area contributed by atoms with E-state index in [0.717, 1.165) is 12.8 Å². The highest BCUT2D eigenvalue weighted by Gasteiger charge is 2.28. The number of benzene rings is 1. The summed E-state index contributed by atoms with van der Waals surface area (Å²) < 4.78 is 19.5. The molecule has 1 unspecified atom stereocenters. The first-order chi connectivity index (χ1) is 10.7. The molecule has 1 N–H and O–H groups in total. The Morgan fingerprint density at radius 2 is 2.00 bits per heavy atom. The number of hydrogen-bond acceptors (Lipinski definition) is 2. The van der Waals surface area contributed by atoms with Gasteiger partial charge in [0.05, 0.1) is 13.2 Å². The molecule has 1 aromatic carbocycles. The SMILES string of the molecule is O=C(NC1CCCCC1)N1CCOC(c2ccccc2F)C1. The molecule has 0 aromatic heterocycles. The van der Waals surface area contributed by atoms with Gasteiger partial charge in [-0.1, -0.05) is 37.5 Å². The molecular weight excluding hydrogens is 283 g/mol. The molecule has 1 atom stereocenters. The van der Waals surface area contributed by atoms with Crippen molar-refractivity contribution in [1.29, 1.82) is 0 Å². The maximum Gasteiger partial charge on any atom is 0.317 e. The van der Waals surface area contributed by atoms with Gasteiger partial charge in [-0.15, -0.1) is 0 Å². The minimum atomic E-state index is -0.382. The van der Waals surface area contributed by atoms with Crippen LogP contribution in [0.2, 0.25) is 0 Å². The second-order valence-electron chi connectivity index (χ2n) is 6.11. The van der Waals surface area contributed by atoms with Gasteiger partial charge < -0.3 is 15.0 Å². The lowest BCUT2D eigenvalue weighted by atomic mass is 9.96. The summed E-state index contributed by atoms with van der Waals surface area (Å²) in [5.74, 6) is -0.276. The fraction of sp³-hybridized carbons (Fsp3) is 0.588. The summed E-state index contributed by atoms with van der Waals surface area (Å²) in [7, 11) is 0. The van der Waals surface area contributed by atoms with Crippen LogP contribution < -0.4 is 5.32 Å². The predicted octanol–water partition coefficient (Wildman–Crippen LogP) is 3.24. The van der Waals surface area contributed by atoms with Crippen molar-refractivity contribution in [2.75, 3.05) is 19.7 Å². The van der Waals surface area contributed by atoms with Crippen LogP contribution in [0.15, 0.2) is 24.3 Å². The monoisotopic (exact) mass is 306 g/mol. The van der Waals surface area contributed by atoms with Gasteiger partial charge in [0.1, 0.15) is 11.9 Å². The van der Waals surface area contributed by atoms with E-state index >= 15 is 0 Å². The molecule has 1 saturated heterocycles. The zero-order chi connectivity index (χ0) is 15.4. The van der Waals surface area contributed by atoms with Gasteiger partial charge in [-0.3, -0.25) is 0 Å². The van der Waals surface area contributed by atoms with Gasteiger partial charge in [-0.2, -0.15) is 0 Å². The molecule has 0 bridgehead atoms. The van der Waals surface area contributed by atoms with Crippen molar-refractivity contribution >= 4 is 6.03 Å². The first kappa shape index (κ1) is 15.3.